The third-order valence-corrected chi connectivity index (χ3v) is 6.98. The standard InChI is InChI=1S/C27H30FN5O4/c1-3-31-24-22(26(35)32(27(31)36)13-8-14-34)33(16-18-9-5-4-6-10-18)23(30-24)20-15-21(28)25(29-17(20)2)37-19-11-7-12-19/h4-5,9,19,21,34H,3,7-8,11-16H2,1-2H3. The van der Waals surface area contributed by atoms with Crippen LogP contribution in [0.3, 0.4) is 0 Å². The molecule has 0 aromatic carbocycles. The number of rotatable bonds is 8. The highest BCUT2D eigenvalue weighted by Crippen LogP contribution is 2.33. The van der Waals surface area contributed by atoms with Gasteiger partial charge < -0.3 is 14.4 Å². The van der Waals surface area contributed by atoms with Gasteiger partial charge in [-0.15, -0.1) is 0 Å². The van der Waals surface area contributed by atoms with Crippen LogP contribution in [0.4, 0.5) is 4.39 Å². The van der Waals surface area contributed by atoms with Crippen LogP contribution in [-0.4, -0.2) is 48.6 Å². The molecule has 1 saturated carbocycles. The molecule has 0 spiro atoms. The zero-order valence-electron chi connectivity index (χ0n) is 21.0. The number of fused-ring (bicyclic) bond motifs is 1. The van der Waals surface area contributed by atoms with Crippen LogP contribution >= 0.6 is 0 Å². The second-order valence-corrected chi connectivity index (χ2v) is 9.43. The summed E-state index contributed by atoms with van der Waals surface area (Å²) in [6.07, 6.45) is 7.13. The molecule has 0 radical (unpaired) electrons. The van der Waals surface area contributed by atoms with Gasteiger partial charge in [0.2, 0.25) is 5.90 Å². The van der Waals surface area contributed by atoms with Crippen molar-refractivity contribution in [3.8, 4) is 0 Å². The number of imidazole rings is 1. The van der Waals surface area contributed by atoms with Gasteiger partial charge in [0.05, 0.1) is 6.54 Å². The first kappa shape index (κ1) is 25.0. The summed E-state index contributed by atoms with van der Waals surface area (Å²) in [5, 5.41) is 9.31. The highest BCUT2D eigenvalue weighted by Gasteiger charge is 2.32. The molecular formula is C27H30FN5O4. The van der Waals surface area contributed by atoms with E-state index in [1.165, 1.54) is 4.57 Å². The quantitative estimate of drug-likeness (QED) is 0.554. The van der Waals surface area contributed by atoms with Gasteiger partial charge in [-0.25, -0.2) is 19.2 Å². The maximum Gasteiger partial charge on any atom is 0.332 e. The van der Waals surface area contributed by atoms with Gasteiger partial charge in [0.15, 0.2) is 17.3 Å². The van der Waals surface area contributed by atoms with Crippen LogP contribution < -0.4 is 11.2 Å². The maximum atomic E-state index is 15.3. The van der Waals surface area contributed by atoms with Crippen LogP contribution in [-0.2, 0) is 24.4 Å². The summed E-state index contributed by atoms with van der Waals surface area (Å²) in [4.78, 5) is 36.0. The topological polar surface area (TPSA) is 104 Å². The lowest BCUT2D eigenvalue weighted by Crippen LogP contribution is -2.40. The molecule has 0 saturated heterocycles. The average molecular weight is 508 g/mol. The van der Waals surface area contributed by atoms with Crippen molar-refractivity contribution in [1.82, 2.24) is 18.7 Å². The number of aryl methyl sites for hydroxylation is 1. The highest BCUT2D eigenvalue weighted by atomic mass is 19.1. The Morgan fingerprint density at radius 1 is 1.24 bits per heavy atom. The van der Waals surface area contributed by atoms with Gasteiger partial charge in [-0.1, -0.05) is 17.5 Å². The Morgan fingerprint density at radius 2 is 2.05 bits per heavy atom. The fourth-order valence-electron chi connectivity index (χ4n) is 4.77. The van der Waals surface area contributed by atoms with Crippen molar-refractivity contribution >= 4 is 22.6 Å². The Bertz CT molecular complexity index is 1550. The third-order valence-electron chi connectivity index (χ3n) is 6.98. The zero-order chi connectivity index (χ0) is 26.1. The van der Waals surface area contributed by atoms with E-state index in [4.69, 9.17) is 9.72 Å². The van der Waals surface area contributed by atoms with Crippen LogP contribution in [0.15, 0.2) is 55.5 Å². The van der Waals surface area contributed by atoms with Crippen LogP contribution in [0, 0.1) is 0 Å². The van der Waals surface area contributed by atoms with Gasteiger partial charge in [0.1, 0.15) is 11.9 Å². The molecular weight excluding hydrogens is 477 g/mol. The van der Waals surface area contributed by atoms with Gasteiger partial charge in [-0.3, -0.25) is 13.9 Å². The fourth-order valence-corrected chi connectivity index (χ4v) is 4.77. The molecule has 194 valence electrons. The SMILES string of the molecule is CCn1c(=O)n(CCCO)c(=O)c2c1nc(C1=C(C)N=C(OC3CCC3)C(F)C1)n2CC1=C=C=CC=C1. The van der Waals surface area contributed by atoms with Crippen molar-refractivity contribution in [2.24, 2.45) is 4.99 Å². The number of hydrogen-bond acceptors (Lipinski definition) is 6. The van der Waals surface area contributed by atoms with Crippen molar-refractivity contribution in [1.29, 1.82) is 0 Å². The van der Waals surface area contributed by atoms with E-state index < -0.39 is 17.4 Å². The van der Waals surface area contributed by atoms with Gasteiger partial charge >= 0.3 is 5.69 Å². The zero-order valence-corrected chi connectivity index (χ0v) is 21.0. The lowest BCUT2D eigenvalue weighted by atomic mass is 9.96. The first-order valence-electron chi connectivity index (χ1n) is 12.7. The fraction of sp³-hybridized carbons (Fsp3) is 0.481. The van der Waals surface area contributed by atoms with E-state index in [1.807, 2.05) is 12.2 Å². The molecule has 1 fully saturated rings. The molecule has 5 rings (SSSR count). The van der Waals surface area contributed by atoms with Crippen molar-refractivity contribution in [3.05, 3.63) is 67.6 Å². The maximum absolute atomic E-state index is 15.3. The van der Waals surface area contributed by atoms with Crippen molar-refractivity contribution in [2.75, 3.05) is 6.61 Å². The predicted octanol–water partition coefficient (Wildman–Crippen LogP) is 3.01. The first-order valence-corrected chi connectivity index (χ1v) is 12.7. The minimum atomic E-state index is -1.43. The van der Waals surface area contributed by atoms with Crippen LogP contribution in [0.2, 0.25) is 0 Å². The average Bonchev–Trinajstić information content (AvgIpc) is 3.22. The van der Waals surface area contributed by atoms with Gasteiger partial charge in [0, 0.05) is 43.0 Å². The second-order valence-electron chi connectivity index (χ2n) is 9.43. The summed E-state index contributed by atoms with van der Waals surface area (Å²) in [6.45, 7) is 4.03. The molecule has 1 aliphatic heterocycles. The van der Waals surface area contributed by atoms with Crippen LogP contribution in [0.1, 0.15) is 51.8 Å². The van der Waals surface area contributed by atoms with E-state index >= 15 is 4.39 Å². The number of aliphatic hydroxyl groups excluding tert-OH is 1. The van der Waals surface area contributed by atoms with E-state index in [0.29, 0.717) is 17.1 Å². The number of nitrogens with zero attached hydrogens (tertiary/aromatic N) is 5. The lowest BCUT2D eigenvalue weighted by Gasteiger charge is -2.29. The number of ether oxygens (including phenoxy) is 1. The van der Waals surface area contributed by atoms with Crippen molar-refractivity contribution in [3.63, 3.8) is 0 Å². The Balaban J connectivity index is 1.73. The molecule has 37 heavy (non-hydrogen) atoms. The molecule has 0 bridgehead atoms. The number of aliphatic hydroxyl groups is 1. The molecule has 3 aliphatic rings. The largest absolute Gasteiger partial charge is 0.475 e. The predicted molar refractivity (Wildman–Crippen MR) is 138 cm³/mol. The second kappa shape index (κ2) is 10.3. The molecule has 2 aromatic rings. The summed E-state index contributed by atoms with van der Waals surface area (Å²) in [7, 11) is 0. The number of allylic oxidation sites excluding steroid dienone is 6. The molecule has 3 heterocycles. The summed E-state index contributed by atoms with van der Waals surface area (Å²) in [5.74, 6) is 0.480. The molecule has 0 amide bonds. The van der Waals surface area contributed by atoms with Crippen molar-refractivity contribution < 1.29 is 14.2 Å². The molecule has 10 heteroatoms. The molecule has 1 N–H and O–H groups in total. The molecule has 9 nitrogen and oxygen atoms in total. The van der Waals surface area contributed by atoms with Crippen molar-refractivity contribution in [2.45, 2.75) is 77.9 Å². The molecule has 2 aromatic heterocycles. The Hall–Kier alpha value is -3.71. The Labute approximate surface area is 212 Å². The first-order chi connectivity index (χ1) is 17.9. The van der Waals surface area contributed by atoms with E-state index in [9.17, 15) is 14.7 Å². The Kier molecular flexibility index (Phi) is 6.98. The summed E-state index contributed by atoms with van der Waals surface area (Å²) in [6, 6.07) is 0. The lowest BCUT2D eigenvalue weighted by molar-refractivity contribution is 0.0941. The normalized spacial score (nSPS) is 19.4. The van der Waals surface area contributed by atoms with Crippen LogP contribution in [0.25, 0.3) is 16.7 Å². The number of aliphatic imine (C=N–C) groups is 1. The highest BCUT2D eigenvalue weighted by molar-refractivity contribution is 5.89. The monoisotopic (exact) mass is 507 g/mol. The summed E-state index contributed by atoms with van der Waals surface area (Å²) >= 11 is 0. The van der Waals surface area contributed by atoms with E-state index in [2.05, 4.69) is 16.5 Å². The van der Waals surface area contributed by atoms with E-state index in [1.54, 1.807) is 24.5 Å². The van der Waals surface area contributed by atoms with Gasteiger partial charge in [0.25, 0.3) is 5.56 Å². The third kappa shape index (κ3) is 4.60. The number of aromatic nitrogens is 4. The minimum Gasteiger partial charge on any atom is -0.475 e. The number of hydrogen-bond donors (Lipinski definition) is 1. The summed E-state index contributed by atoms with van der Waals surface area (Å²) in [5.41, 5.74) is 7.33. The number of alkyl halides is 1. The molecule has 1 atom stereocenters. The van der Waals surface area contributed by atoms with Gasteiger partial charge in [-0.2, -0.15) is 0 Å². The van der Waals surface area contributed by atoms with E-state index in [-0.39, 0.29) is 62.2 Å². The molecule has 2 aliphatic carbocycles. The van der Waals surface area contributed by atoms with Gasteiger partial charge in [-0.05, 0) is 51.7 Å². The smallest absolute Gasteiger partial charge is 0.332 e. The number of halogens is 1. The Morgan fingerprint density at radius 3 is 2.70 bits per heavy atom. The minimum absolute atomic E-state index is 0.000394. The van der Waals surface area contributed by atoms with E-state index in [0.717, 1.165) is 29.4 Å². The van der Waals surface area contributed by atoms with Crippen LogP contribution in [0.5, 0.6) is 0 Å². The summed E-state index contributed by atoms with van der Waals surface area (Å²) < 4.78 is 25.4. The molecule has 1 unspecified atom stereocenters.